The van der Waals surface area contributed by atoms with Crippen LogP contribution in [0.1, 0.15) is 6.42 Å². The molecule has 1 heterocycles. The fourth-order valence-corrected chi connectivity index (χ4v) is 0.717. The van der Waals surface area contributed by atoms with Crippen LogP contribution in [0.15, 0.2) is 0 Å². The summed E-state index contributed by atoms with van der Waals surface area (Å²) < 4.78 is 0. The van der Waals surface area contributed by atoms with Crippen LogP contribution in [0.25, 0.3) is 0 Å². The number of carbonyl (C=O) groups excluding carboxylic acids is 1. The van der Waals surface area contributed by atoms with E-state index in [0.717, 1.165) is 0 Å². The summed E-state index contributed by atoms with van der Waals surface area (Å²) in [6, 6.07) is -0.380. The summed E-state index contributed by atoms with van der Waals surface area (Å²) in [4.78, 5) is 10.5. The molecule has 0 saturated carbocycles. The Balaban J connectivity index is 2.42. The normalized spacial score (nSPS) is 28.1. The zero-order valence-electron chi connectivity index (χ0n) is 4.35. The number of hydroxylamine groups is 1. The van der Waals surface area contributed by atoms with Crippen molar-refractivity contribution in [1.82, 2.24) is 10.8 Å². The van der Waals surface area contributed by atoms with Crippen molar-refractivity contribution in [2.45, 2.75) is 12.5 Å². The van der Waals surface area contributed by atoms with E-state index in [2.05, 4.69) is 5.32 Å². The summed E-state index contributed by atoms with van der Waals surface area (Å²) in [5.74, 6) is -0.118. The lowest BCUT2D eigenvalue weighted by Crippen LogP contribution is -2.33. The molecule has 1 unspecified atom stereocenters. The smallest absolute Gasteiger partial charge is 0.239 e. The first-order valence-electron chi connectivity index (χ1n) is 2.52. The first-order chi connectivity index (χ1) is 3.84. The van der Waals surface area contributed by atoms with E-state index in [1.54, 1.807) is 0 Å². The van der Waals surface area contributed by atoms with E-state index in [-0.39, 0.29) is 11.9 Å². The van der Waals surface area contributed by atoms with Crippen LogP contribution in [0.5, 0.6) is 0 Å². The lowest BCUT2D eigenvalue weighted by molar-refractivity contribution is -0.122. The number of carbonyl (C=O) groups is 1. The van der Waals surface area contributed by atoms with Gasteiger partial charge in [0.1, 0.15) is 6.04 Å². The summed E-state index contributed by atoms with van der Waals surface area (Å²) in [6.07, 6.45) is 0.676. The predicted molar refractivity (Wildman–Crippen MR) is 26.3 cm³/mol. The highest BCUT2D eigenvalue weighted by Gasteiger charge is 2.22. The van der Waals surface area contributed by atoms with Gasteiger partial charge < -0.3 is 10.5 Å². The third-order valence-corrected chi connectivity index (χ3v) is 1.20. The molecule has 1 aliphatic heterocycles. The predicted octanol–water partition coefficient (Wildman–Crippen LogP) is -1.15. The molecule has 4 heteroatoms. The van der Waals surface area contributed by atoms with E-state index in [4.69, 9.17) is 5.21 Å². The monoisotopic (exact) mass is 116 g/mol. The van der Waals surface area contributed by atoms with E-state index in [9.17, 15) is 4.79 Å². The van der Waals surface area contributed by atoms with Crippen LogP contribution >= 0.6 is 0 Å². The maximum absolute atomic E-state index is 10.5. The van der Waals surface area contributed by atoms with Crippen molar-refractivity contribution in [1.29, 1.82) is 0 Å². The average Bonchev–Trinajstić information content (AvgIpc) is 2.14. The fraction of sp³-hybridized carbons (Fsp3) is 0.750. The largest absolute Gasteiger partial charge is 0.355 e. The second-order valence-electron chi connectivity index (χ2n) is 1.76. The maximum atomic E-state index is 10.5. The van der Waals surface area contributed by atoms with Gasteiger partial charge in [-0.05, 0) is 6.42 Å². The van der Waals surface area contributed by atoms with Crippen molar-refractivity contribution in [2.24, 2.45) is 0 Å². The fourth-order valence-electron chi connectivity index (χ4n) is 0.717. The topological polar surface area (TPSA) is 61.4 Å². The highest BCUT2D eigenvalue weighted by molar-refractivity contribution is 5.83. The molecule has 0 aromatic carbocycles. The van der Waals surface area contributed by atoms with Crippen LogP contribution < -0.4 is 10.8 Å². The van der Waals surface area contributed by atoms with E-state index in [1.807, 2.05) is 5.48 Å². The number of rotatable bonds is 1. The standard InChI is InChI=1S/C4H8N2O2/c7-4-3(6-8)1-2-5-4/h3,6,8H,1-2H2,(H,5,7). The van der Waals surface area contributed by atoms with Gasteiger partial charge in [0.25, 0.3) is 0 Å². The van der Waals surface area contributed by atoms with Gasteiger partial charge in [-0.1, -0.05) is 0 Å². The SMILES string of the molecule is O=C1NCCC1NO. The number of nitrogens with one attached hydrogen (secondary N) is 2. The van der Waals surface area contributed by atoms with Crippen molar-refractivity contribution >= 4 is 5.91 Å². The Morgan fingerprint density at radius 2 is 2.62 bits per heavy atom. The van der Waals surface area contributed by atoms with E-state index in [0.29, 0.717) is 13.0 Å². The Hall–Kier alpha value is -0.610. The highest BCUT2D eigenvalue weighted by Crippen LogP contribution is 1.96. The molecule has 0 aliphatic carbocycles. The van der Waals surface area contributed by atoms with Gasteiger partial charge in [0.05, 0.1) is 0 Å². The molecule has 1 atom stereocenters. The lowest BCUT2D eigenvalue weighted by Gasteiger charge is -1.99. The Labute approximate surface area is 46.8 Å². The van der Waals surface area contributed by atoms with Crippen molar-refractivity contribution < 1.29 is 10.0 Å². The molecule has 0 radical (unpaired) electrons. The lowest BCUT2D eigenvalue weighted by atomic mass is 10.3. The minimum atomic E-state index is -0.380. The van der Waals surface area contributed by atoms with Gasteiger partial charge in [0, 0.05) is 6.54 Å². The number of hydrogen-bond donors (Lipinski definition) is 3. The molecule has 1 saturated heterocycles. The Morgan fingerprint density at radius 1 is 1.88 bits per heavy atom. The number of hydrogen-bond acceptors (Lipinski definition) is 3. The molecule has 0 aromatic rings. The molecule has 46 valence electrons. The minimum absolute atomic E-state index is 0.118. The molecule has 1 rings (SSSR count). The minimum Gasteiger partial charge on any atom is -0.355 e. The summed E-state index contributed by atoms with van der Waals surface area (Å²) in [5, 5.41) is 10.8. The van der Waals surface area contributed by atoms with Gasteiger partial charge >= 0.3 is 0 Å². The number of amides is 1. The van der Waals surface area contributed by atoms with E-state index < -0.39 is 0 Å². The first kappa shape index (κ1) is 5.53. The molecular weight excluding hydrogens is 108 g/mol. The van der Waals surface area contributed by atoms with Gasteiger partial charge in [-0.2, -0.15) is 5.48 Å². The van der Waals surface area contributed by atoms with E-state index in [1.165, 1.54) is 0 Å². The summed E-state index contributed by atoms with van der Waals surface area (Å²) in [7, 11) is 0. The Kier molecular flexibility index (Phi) is 1.45. The third kappa shape index (κ3) is 0.801. The summed E-state index contributed by atoms with van der Waals surface area (Å²) in [6.45, 7) is 0.664. The van der Waals surface area contributed by atoms with Crippen LogP contribution in [-0.2, 0) is 4.79 Å². The molecule has 0 bridgehead atoms. The van der Waals surface area contributed by atoms with Crippen molar-refractivity contribution in [3.63, 3.8) is 0 Å². The van der Waals surface area contributed by atoms with Crippen LogP contribution in [0.4, 0.5) is 0 Å². The van der Waals surface area contributed by atoms with Gasteiger partial charge in [0.2, 0.25) is 5.91 Å². The van der Waals surface area contributed by atoms with Crippen LogP contribution in [-0.4, -0.2) is 23.7 Å². The van der Waals surface area contributed by atoms with Gasteiger partial charge in [-0.3, -0.25) is 4.79 Å². The third-order valence-electron chi connectivity index (χ3n) is 1.20. The summed E-state index contributed by atoms with van der Waals surface area (Å²) in [5.41, 5.74) is 1.90. The van der Waals surface area contributed by atoms with Crippen molar-refractivity contribution in [3.8, 4) is 0 Å². The molecule has 0 spiro atoms. The van der Waals surface area contributed by atoms with Gasteiger partial charge in [-0.25, -0.2) is 0 Å². The van der Waals surface area contributed by atoms with Crippen LogP contribution in [0, 0.1) is 0 Å². The first-order valence-corrected chi connectivity index (χ1v) is 2.52. The average molecular weight is 116 g/mol. The molecule has 0 aromatic heterocycles. The molecule has 3 N–H and O–H groups in total. The summed E-state index contributed by atoms with van der Waals surface area (Å²) >= 11 is 0. The zero-order valence-corrected chi connectivity index (χ0v) is 4.35. The molecular formula is C4H8N2O2. The zero-order chi connectivity index (χ0) is 5.98. The Morgan fingerprint density at radius 3 is 2.88 bits per heavy atom. The molecule has 1 fully saturated rings. The van der Waals surface area contributed by atoms with Gasteiger partial charge in [0.15, 0.2) is 0 Å². The second kappa shape index (κ2) is 2.11. The highest BCUT2D eigenvalue weighted by atomic mass is 16.5. The van der Waals surface area contributed by atoms with Crippen LogP contribution in [0.3, 0.4) is 0 Å². The van der Waals surface area contributed by atoms with Crippen molar-refractivity contribution in [3.05, 3.63) is 0 Å². The quantitative estimate of drug-likeness (QED) is 0.379. The van der Waals surface area contributed by atoms with E-state index >= 15 is 0 Å². The Bertz CT molecular complexity index is 104. The van der Waals surface area contributed by atoms with Gasteiger partial charge in [-0.15, -0.1) is 0 Å². The van der Waals surface area contributed by atoms with Crippen molar-refractivity contribution in [2.75, 3.05) is 6.54 Å². The maximum Gasteiger partial charge on any atom is 0.239 e. The molecule has 8 heavy (non-hydrogen) atoms. The second-order valence-corrected chi connectivity index (χ2v) is 1.76. The molecule has 4 nitrogen and oxygen atoms in total. The molecule has 1 amide bonds. The molecule has 1 aliphatic rings. The van der Waals surface area contributed by atoms with Crippen LogP contribution in [0.2, 0.25) is 0 Å².